The van der Waals surface area contributed by atoms with E-state index in [0.717, 1.165) is 6.08 Å². The quantitative estimate of drug-likeness (QED) is 0.557. The summed E-state index contributed by atoms with van der Waals surface area (Å²) in [5.41, 5.74) is 5.09. The van der Waals surface area contributed by atoms with Crippen LogP contribution >= 0.6 is 24.8 Å². The van der Waals surface area contributed by atoms with Crippen LogP contribution in [0, 0.1) is 0 Å². The van der Waals surface area contributed by atoms with E-state index in [1.807, 2.05) is 0 Å². The Morgan fingerprint density at radius 1 is 1.50 bits per heavy atom. The molecule has 0 bridgehead atoms. The molecule has 0 aromatic rings. The molecule has 74 valence electrons. The average Bonchev–Trinajstić information content (AvgIpc) is 1.88. The molecule has 0 unspecified atom stereocenters. The standard InChI is InChI=1S/C6H10FNO2.2ClH/c7-5(6(9)10)3-1-2-4-8;;/h3H,1-2,4,8H2,(H,9,10);2*1H/b5-3+;;. The van der Waals surface area contributed by atoms with E-state index in [9.17, 15) is 9.18 Å². The maximum atomic E-state index is 12.1. The molecule has 0 atom stereocenters. The number of aliphatic carboxylic acids is 1. The first-order chi connectivity index (χ1) is 4.68. The van der Waals surface area contributed by atoms with Crippen molar-refractivity contribution < 1.29 is 14.3 Å². The Balaban J connectivity index is -0.000000405. The predicted molar refractivity (Wildman–Crippen MR) is 49.6 cm³/mol. The third kappa shape index (κ3) is 9.68. The molecule has 0 aliphatic rings. The largest absolute Gasteiger partial charge is 0.476 e. The van der Waals surface area contributed by atoms with Crippen molar-refractivity contribution in [3.63, 3.8) is 0 Å². The summed E-state index contributed by atoms with van der Waals surface area (Å²) in [4.78, 5) is 9.82. The van der Waals surface area contributed by atoms with Crippen LogP contribution in [0.25, 0.3) is 0 Å². The molecular formula is C6H12Cl2FNO2. The summed E-state index contributed by atoms with van der Waals surface area (Å²) >= 11 is 0. The highest BCUT2D eigenvalue weighted by molar-refractivity contribution is 5.85. The van der Waals surface area contributed by atoms with Crippen LogP contribution in [-0.2, 0) is 4.79 Å². The zero-order chi connectivity index (χ0) is 7.98. The molecule has 0 aliphatic heterocycles. The van der Waals surface area contributed by atoms with Crippen LogP contribution in [0.1, 0.15) is 12.8 Å². The van der Waals surface area contributed by atoms with Crippen LogP contribution in [0.3, 0.4) is 0 Å². The fraction of sp³-hybridized carbons (Fsp3) is 0.500. The number of rotatable bonds is 4. The summed E-state index contributed by atoms with van der Waals surface area (Å²) in [5, 5.41) is 8.01. The molecule has 0 aromatic heterocycles. The van der Waals surface area contributed by atoms with Gasteiger partial charge in [-0.1, -0.05) is 0 Å². The van der Waals surface area contributed by atoms with Crippen molar-refractivity contribution in [3.05, 3.63) is 11.9 Å². The second kappa shape index (κ2) is 10.7. The number of allylic oxidation sites excluding steroid dienone is 1. The topological polar surface area (TPSA) is 63.3 Å². The molecule has 0 saturated heterocycles. The Labute approximate surface area is 82.6 Å². The number of carbonyl (C=O) groups is 1. The summed E-state index contributed by atoms with van der Waals surface area (Å²) < 4.78 is 12.1. The minimum atomic E-state index is -1.52. The van der Waals surface area contributed by atoms with Gasteiger partial charge >= 0.3 is 5.97 Å². The van der Waals surface area contributed by atoms with Gasteiger partial charge in [0.2, 0.25) is 5.83 Å². The van der Waals surface area contributed by atoms with Crippen LogP contribution in [0.15, 0.2) is 11.9 Å². The Kier molecular flexibility index (Phi) is 15.7. The molecular weight excluding hydrogens is 208 g/mol. The number of hydrogen-bond acceptors (Lipinski definition) is 2. The SMILES string of the molecule is Cl.Cl.NCCC/C=C(/F)C(=O)O. The lowest BCUT2D eigenvalue weighted by Gasteiger charge is -1.89. The first-order valence-electron chi connectivity index (χ1n) is 2.97. The van der Waals surface area contributed by atoms with Crippen molar-refractivity contribution in [1.29, 1.82) is 0 Å². The second-order valence-electron chi connectivity index (χ2n) is 1.79. The van der Waals surface area contributed by atoms with Crippen molar-refractivity contribution in [2.24, 2.45) is 5.73 Å². The summed E-state index contributed by atoms with van der Waals surface area (Å²) in [6.07, 6.45) is 2.02. The van der Waals surface area contributed by atoms with Gasteiger partial charge in [-0.2, -0.15) is 4.39 Å². The van der Waals surface area contributed by atoms with E-state index >= 15 is 0 Å². The highest BCUT2D eigenvalue weighted by atomic mass is 35.5. The Morgan fingerprint density at radius 3 is 2.33 bits per heavy atom. The van der Waals surface area contributed by atoms with Gasteiger partial charge in [0.1, 0.15) is 0 Å². The third-order valence-electron chi connectivity index (χ3n) is 0.936. The van der Waals surface area contributed by atoms with Crippen LogP contribution in [0.4, 0.5) is 4.39 Å². The summed E-state index contributed by atoms with van der Waals surface area (Å²) in [5.74, 6) is -2.62. The van der Waals surface area contributed by atoms with Crippen molar-refractivity contribution >= 4 is 30.8 Å². The minimum absolute atomic E-state index is 0. The number of unbranched alkanes of at least 4 members (excludes halogenated alkanes) is 1. The van der Waals surface area contributed by atoms with Crippen molar-refractivity contribution in [2.45, 2.75) is 12.8 Å². The highest BCUT2D eigenvalue weighted by Crippen LogP contribution is 1.99. The first kappa shape index (κ1) is 17.7. The molecule has 0 fully saturated rings. The lowest BCUT2D eigenvalue weighted by atomic mass is 10.3. The molecule has 0 heterocycles. The van der Waals surface area contributed by atoms with Gasteiger partial charge in [0.25, 0.3) is 0 Å². The molecule has 0 saturated carbocycles. The fourth-order valence-electron chi connectivity index (χ4n) is 0.434. The first-order valence-corrected chi connectivity index (χ1v) is 2.97. The third-order valence-corrected chi connectivity index (χ3v) is 0.936. The van der Waals surface area contributed by atoms with Crippen LogP contribution < -0.4 is 5.73 Å². The molecule has 3 N–H and O–H groups in total. The van der Waals surface area contributed by atoms with E-state index in [2.05, 4.69) is 0 Å². The molecule has 0 radical (unpaired) electrons. The average molecular weight is 220 g/mol. The van der Waals surface area contributed by atoms with Gasteiger partial charge in [-0.3, -0.25) is 0 Å². The Bertz CT molecular complexity index is 152. The summed E-state index contributed by atoms with van der Waals surface area (Å²) in [7, 11) is 0. The zero-order valence-electron chi connectivity index (χ0n) is 6.33. The Hall–Kier alpha value is -0.320. The molecule has 0 aromatic carbocycles. The number of nitrogens with two attached hydrogens (primary N) is 1. The van der Waals surface area contributed by atoms with Gasteiger partial charge in [-0.15, -0.1) is 24.8 Å². The molecule has 6 heteroatoms. The monoisotopic (exact) mass is 219 g/mol. The van der Waals surface area contributed by atoms with Crippen LogP contribution in [0.2, 0.25) is 0 Å². The van der Waals surface area contributed by atoms with Gasteiger partial charge < -0.3 is 10.8 Å². The molecule has 0 spiro atoms. The lowest BCUT2D eigenvalue weighted by Crippen LogP contribution is -1.98. The molecule has 0 rings (SSSR count). The fourth-order valence-corrected chi connectivity index (χ4v) is 0.434. The van der Waals surface area contributed by atoms with E-state index in [0.29, 0.717) is 19.4 Å². The van der Waals surface area contributed by atoms with E-state index in [1.54, 1.807) is 0 Å². The normalized spacial score (nSPS) is 9.67. The lowest BCUT2D eigenvalue weighted by molar-refractivity contribution is -0.134. The van der Waals surface area contributed by atoms with Gasteiger partial charge in [0.05, 0.1) is 0 Å². The van der Waals surface area contributed by atoms with Crippen molar-refractivity contribution in [1.82, 2.24) is 0 Å². The van der Waals surface area contributed by atoms with Crippen molar-refractivity contribution in [3.8, 4) is 0 Å². The maximum absolute atomic E-state index is 12.1. The number of halogens is 3. The predicted octanol–water partition coefficient (Wildman–Crippen LogP) is 1.51. The summed E-state index contributed by atoms with van der Waals surface area (Å²) in [6.45, 7) is 0.448. The Morgan fingerprint density at radius 2 is 2.00 bits per heavy atom. The second-order valence-corrected chi connectivity index (χ2v) is 1.79. The summed E-state index contributed by atoms with van der Waals surface area (Å²) in [6, 6.07) is 0. The molecule has 3 nitrogen and oxygen atoms in total. The van der Waals surface area contributed by atoms with Crippen molar-refractivity contribution in [2.75, 3.05) is 6.54 Å². The minimum Gasteiger partial charge on any atom is -0.476 e. The van der Waals surface area contributed by atoms with Gasteiger partial charge in [0.15, 0.2) is 0 Å². The van der Waals surface area contributed by atoms with Gasteiger partial charge in [-0.25, -0.2) is 4.79 Å². The smallest absolute Gasteiger partial charge is 0.364 e. The molecule has 0 amide bonds. The van der Waals surface area contributed by atoms with E-state index in [1.165, 1.54) is 0 Å². The zero-order valence-corrected chi connectivity index (χ0v) is 7.96. The van der Waals surface area contributed by atoms with E-state index in [4.69, 9.17) is 10.8 Å². The van der Waals surface area contributed by atoms with Crippen LogP contribution in [-0.4, -0.2) is 17.6 Å². The van der Waals surface area contributed by atoms with Gasteiger partial charge in [-0.05, 0) is 25.5 Å². The highest BCUT2D eigenvalue weighted by Gasteiger charge is 2.02. The number of hydrogen-bond donors (Lipinski definition) is 2. The number of carboxylic acids is 1. The number of carboxylic acid groups (broad SMARTS) is 1. The van der Waals surface area contributed by atoms with E-state index in [-0.39, 0.29) is 24.8 Å². The van der Waals surface area contributed by atoms with Crippen LogP contribution in [0.5, 0.6) is 0 Å². The molecule has 0 aliphatic carbocycles. The van der Waals surface area contributed by atoms with E-state index < -0.39 is 11.8 Å². The van der Waals surface area contributed by atoms with Gasteiger partial charge in [0, 0.05) is 0 Å². The molecule has 12 heavy (non-hydrogen) atoms. The maximum Gasteiger partial charge on any atom is 0.364 e.